The molecule has 3 aromatic heterocycles. The van der Waals surface area contributed by atoms with Crippen LogP contribution in [-0.2, 0) is 11.3 Å². The molecule has 27 heavy (non-hydrogen) atoms. The highest BCUT2D eigenvalue weighted by atomic mass is 32.1. The lowest BCUT2D eigenvalue weighted by Gasteiger charge is -2.27. The number of anilines is 1. The van der Waals surface area contributed by atoms with Crippen LogP contribution >= 0.6 is 11.3 Å². The predicted molar refractivity (Wildman–Crippen MR) is 106 cm³/mol. The van der Waals surface area contributed by atoms with Gasteiger partial charge in [-0.15, -0.1) is 11.3 Å². The van der Waals surface area contributed by atoms with Crippen LogP contribution in [0.4, 0.5) is 5.82 Å². The molecule has 1 aliphatic heterocycles. The number of hydrogen-bond acceptors (Lipinski definition) is 6. The molecule has 3 aromatic rings. The first-order chi connectivity index (χ1) is 13.3. The van der Waals surface area contributed by atoms with Crippen LogP contribution in [-0.4, -0.2) is 42.2 Å². The smallest absolute Gasteiger partial charge is 0.261 e. The van der Waals surface area contributed by atoms with Crippen molar-refractivity contribution in [2.75, 3.05) is 31.2 Å². The van der Waals surface area contributed by atoms with Gasteiger partial charge in [-0.05, 0) is 35.9 Å². The molecule has 4 heterocycles. The molecule has 1 amide bonds. The van der Waals surface area contributed by atoms with Crippen molar-refractivity contribution in [2.45, 2.75) is 6.54 Å². The Morgan fingerprint density at radius 3 is 2.78 bits per heavy atom. The lowest BCUT2D eigenvalue weighted by Crippen LogP contribution is -2.36. The van der Waals surface area contributed by atoms with Crippen molar-refractivity contribution >= 4 is 23.1 Å². The highest BCUT2D eigenvalue weighted by Gasteiger charge is 2.14. The number of pyridine rings is 2. The molecule has 4 rings (SSSR count). The lowest BCUT2D eigenvalue weighted by atomic mass is 10.2. The van der Waals surface area contributed by atoms with Gasteiger partial charge >= 0.3 is 0 Å². The van der Waals surface area contributed by atoms with E-state index < -0.39 is 0 Å². The van der Waals surface area contributed by atoms with Crippen molar-refractivity contribution < 1.29 is 9.53 Å². The van der Waals surface area contributed by atoms with Gasteiger partial charge in [0.25, 0.3) is 5.91 Å². The van der Waals surface area contributed by atoms with E-state index >= 15 is 0 Å². The van der Waals surface area contributed by atoms with Gasteiger partial charge in [-0.25, -0.2) is 4.98 Å². The summed E-state index contributed by atoms with van der Waals surface area (Å²) in [5.74, 6) is 0.890. The summed E-state index contributed by atoms with van der Waals surface area (Å²) in [5, 5.41) is 2.93. The van der Waals surface area contributed by atoms with E-state index in [2.05, 4.69) is 26.3 Å². The van der Waals surface area contributed by atoms with Crippen LogP contribution in [0.3, 0.4) is 0 Å². The number of carbonyl (C=O) groups excluding carboxylic acids is 1. The Morgan fingerprint density at radius 2 is 2.04 bits per heavy atom. The van der Waals surface area contributed by atoms with Crippen LogP contribution in [0.2, 0.25) is 0 Å². The molecule has 1 aliphatic rings. The maximum absolute atomic E-state index is 12.4. The zero-order chi connectivity index (χ0) is 18.5. The first kappa shape index (κ1) is 17.6. The second-order valence-corrected chi connectivity index (χ2v) is 7.30. The number of amides is 1. The van der Waals surface area contributed by atoms with Gasteiger partial charge in [0.15, 0.2) is 0 Å². The average molecular weight is 380 g/mol. The summed E-state index contributed by atoms with van der Waals surface area (Å²) in [6.45, 7) is 3.69. The SMILES string of the molecule is O=C(NCc1cccnc1)c1ccc(-c2ccc(N3CCOCC3)nc2)s1. The topological polar surface area (TPSA) is 67.4 Å². The fourth-order valence-corrected chi connectivity index (χ4v) is 3.81. The number of ether oxygens (including phenoxy) is 1. The monoisotopic (exact) mass is 380 g/mol. The molecule has 138 valence electrons. The van der Waals surface area contributed by atoms with Crippen molar-refractivity contribution in [1.29, 1.82) is 0 Å². The van der Waals surface area contributed by atoms with Crippen molar-refractivity contribution in [1.82, 2.24) is 15.3 Å². The first-order valence-corrected chi connectivity index (χ1v) is 9.67. The van der Waals surface area contributed by atoms with Gasteiger partial charge in [0.1, 0.15) is 5.82 Å². The minimum Gasteiger partial charge on any atom is -0.378 e. The van der Waals surface area contributed by atoms with Gasteiger partial charge in [0.05, 0.1) is 18.1 Å². The van der Waals surface area contributed by atoms with Crippen LogP contribution in [0.25, 0.3) is 10.4 Å². The zero-order valence-electron chi connectivity index (χ0n) is 14.8. The molecule has 1 N–H and O–H groups in total. The standard InChI is InChI=1S/C20H20N4O2S/c25-20(23-13-15-2-1-7-21-12-15)18-5-4-17(27-18)16-3-6-19(22-14-16)24-8-10-26-11-9-24/h1-7,12,14H,8-11,13H2,(H,23,25). The predicted octanol–water partition coefficient (Wildman–Crippen LogP) is 2.97. The van der Waals surface area contributed by atoms with E-state index in [1.54, 1.807) is 12.4 Å². The molecule has 0 unspecified atom stereocenters. The minimum absolute atomic E-state index is 0.0759. The second-order valence-electron chi connectivity index (χ2n) is 6.21. The first-order valence-electron chi connectivity index (χ1n) is 8.86. The fourth-order valence-electron chi connectivity index (χ4n) is 2.90. The summed E-state index contributed by atoms with van der Waals surface area (Å²) in [5.41, 5.74) is 1.99. The fraction of sp³-hybridized carbons (Fsp3) is 0.250. The molecule has 0 saturated carbocycles. The van der Waals surface area contributed by atoms with Crippen LogP contribution in [0, 0.1) is 0 Å². The van der Waals surface area contributed by atoms with Crippen molar-refractivity contribution in [2.24, 2.45) is 0 Å². The second kappa shape index (κ2) is 8.28. The van der Waals surface area contributed by atoms with E-state index in [9.17, 15) is 4.79 Å². The summed E-state index contributed by atoms with van der Waals surface area (Å²) in [6, 6.07) is 11.7. The van der Waals surface area contributed by atoms with Crippen LogP contribution in [0.1, 0.15) is 15.2 Å². The third kappa shape index (κ3) is 4.32. The van der Waals surface area contributed by atoms with E-state index in [1.165, 1.54) is 11.3 Å². The Kier molecular flexibility index (Phi) is 5.41. The molecule has 0 radical (unpaired) electrons. The number of rotatable bonds is 5. The highest BCUT2D eigenvalue weighted by Crippen LogP contribution is 2.28. The zero-order valence-corrected chi connectivity index (χ0v) is 15.6. The quantitative estimate of drug-likeness (QED) is 0.737. The van der Waals surface area contributed by atoms with Crippen molar-refractivity contribution in [3.8, 4) is 10.4 Å². The number of aromatic nitrogens is 2. The molecule has 1 saturated heterocycles. The molecule has 0 spiro atoms. The molecule has 7 heteroatoms. The Labute approximate surface area is 161 Å². The van der Waals surface area contributed by atoms with E-state index in [0.717, 1.165) is 48.1 Å². The number of carbonyl (C=O) groups is 1. The molecule has 0 bridgehead atoms. The van der Waals surface area contributed by atoms with Gasteiger partial charge in [0, 0.05) is 48.7 Å². The molecule has 0 aromatic carbocycles. The maximum Gasteiger partial charge on any atom is 0.261 e. The minimum atomic E-state index is -0.0759. The van der Waals surface area contributed by atoms with Crippen LogP contribution in [0.5, 0.6) is 0 Å². The summed E-state index contributed by atoms with van der Waals surface area (Å²) >= 11 is 1.47. The molecule has 0 atom stereocenters. The third-order valence-electron chi connectivity index (χ3n) is 4.37. The van der Waals surface area contributed by atoms with Crippen LogP contribution in [0.15, 0.2) is 55.0 Å². The Balaban J connectivity index is 1.40. The van der Waals surface area contributed by atoms with Gasteiger partial charge in [0.2, 0.25) is 0 Å². The molecule has 0 aliphatic carbocycles. The molecule has 6 nitrogen and oxygen atoms in total. The van der Waals surface area contributed by atoms with Crippen LogP contribution < -0.4 is 10.2 Å². The van der Waals surface area contributed by atoms with Gasteiger partial charge in [-0.2, -0.15) is 0 Å². The van der Waals surface area contributed by atoms with E-state index in [1.807, 2.05) is 36.5 Å². The Morgan fingerprint density at radius 1 is 1.15 bits per heavy atom. The van der Waals surface area contributed by atoms with Gasteiger partial charge < -0.3 is 15.0 Å². The number of nitrogens with zero attached hydrogens (tertiary/aromatic N) is 3. The van der Waals surface area contributed by atoms with E-state index in [-0.39, 0.29) is 5.91 Å². The summed E-state index contributed by atoms with van der Waals surface area (Å²) in [6.07, 6.45) is 5.34. The Hall–Kier alpha value is -2.77. The normalized spacial score (nSPS) is 14.1. The number of thiophene rings is 1. The van der Waals surface area contributed by atoms with E-state index in [4.69, 9.17) is 4.74 Å². The number of hydrogen-bond donors (Lipinski definition) is 1. The summed E-state index contributed by atoms with van der Waals surface area (Å²) < 4.78 is 5.38. The highest BCUT2D eigenvalue weighted by molar-refractivity contribution is 7.17. The number of morpholine rings is 1. The Bertz CT molecular complexity index is 890. The van der Waals surface area contributed by atoms with E-state index in [0.29, 0.717) is 11.4 Å². The van der Waals surface area contributed by atoms with Crippen molar-refractivity contribution in [3.63, 3.8) is 0 Å². The largest absolute Gasteiger partial charge is 0.378 e. The maximum atomic E-state index is 12.4. The third-order valence-corrected chi connectivity index (χ3v) is 5.51. The van der Waals surface area contributed by atoms with Crippen molar-refractivity contribution in [3.05, 3.63) is 65.4 Å². The number of nitrogens with one attached hydrogen (secondary N) is 1. The molecular weight excluding hydrogens is 360 g/mol. The summed E-state index contributed by atoms with van der Waals surface area (Å²) in [7, 11) is 0. The van der Waals surface area contributed by atoms with Gasteiger partial charge in [-0.3, -0.25) is 9.78 Å². The molecular formula is C20H20N4O2S. The van der Waals surface area contributed by atoms with Gasteiger partial charge in [-0.1, -0.05) is 6.07 Å². The summed E-state index contributed by atoms with van der Waals surface area (Å²) in [4.78, 5) is 24.9. The molecule has 1 fully saturated rings. The average Bonchev–Trinajstić information content (AvgIpc) is 3.24. The lowest BCUT2D eigenvalue weighted by molar-refractivity contribution is 0.0955.